The predicted octanol–water partition coefficient (Wildman–Crippen LogP) is 7.74. The summed E-state index contributed by atoms with van der Waals surface area (Å²) in [7, 11) is 1.60. The molecule has 230 valence electrons. The highest BCUT2D eigenvalue weighted by Crippen LogP contribution is 2.40. The third-order valence-electron chi connectivity index (χ3n) is 7.05. The number of aromatic nitrogens is 3. The second-order valence-corrected chi connectivity index (χ2v) is 11.6. The number of para-hydroxylation sites is 2. The van der Waals surface area contributed by atoms with Gasteiger partial charge in [-0.15, -0.1) is 5.10 Å². The van der Waals surface area contributed by atoms with E-state index in [0.717, 1.165) is 29.7 Å². The predicted molar refractivity (Wildman–Crippen MR) is 175 cm³/mol. The van der Waals surface area contributed by atoms with Crippen molar-refractivity contribution in [2.75, 3.05) is 30.1 Å². The summed E-state index contributed by atoms with van der Waals surface area (Å²) in [6.07, 6.45) is 2.14. The van der Waals surface area contributed by atoms with Crippen LogP contribution in [0.4, 0.5) is 11.6 Å². The molecule has 2 N–H and O–H groups in total. The van der Waals surface area contributed by atoms with E-state index in [0.29, 0.717) is 63.5 Å². The third-order valence-corrected chi connectivity index (χ3v) is 8.23. The van der Waals surface area contributed by atoms with Gasteiger partial charge in [-0.2, -0.15) is 4.98 Å². The molecule has 1 amide bonds. The maximum Gasteiger partial charge on any atom is 0.255 e. The van der Waals surface area contributed by atoms with Crippen molar-refractivity contribution < 1.29 is 19.0 Å². The molecule has 0 radical (unpaired) electrons. The molecule has 3 aromatic carbocycles. The van der Waals surface area contributed by atoms with Crippen LogP contribution in [0.5, 0.6) is 17.2 Å². The number of fused-ring (bicyclic) bond motifs is 1. The number of methoxy groups -OCH3 is 1. The van der Waals surface area contributed by atoms with Crippen molar-refractivity contribution in [1.29, 1.82) is 0 Å². The number of hydrogen-bond donors (Lipinski definition) is 2. The largest absolute Gasteiger partial charge is 0.493 e. The third kappa shape index (κ3) is 7.14. The zero-order chi connectivity index (χ0) is 31.1. The first kappa shape index (κ1) is 31.3. The van der Waals surface area contributed by atoms with Crippen molar-refractivity contribution in [1.82, 2.24) is 14.8 Å². The molecule has 1 aliphatic rings. The number of carbonyl (C=O) groups excluding carboxylic acids is 1. The van der Waals surface area contributed by atoms with E-state index in [1.54, 1.807) is 23.6 Å². The Hall–Kier alpha value is -4.15. The zero-order valence-electron chi connectivity index (χ0n) is 25.2. The molecule has 44 heavy (non-hydrogen) atoms. The van der Waals surface area contributed by atoms with Crippen LogP contribution in [0.25, 0.3) is 0 Å². The lowest BCUT2D eigenvalue weighted by molar-refractivity contribution is -0.113. The summed E-state index contributed by atoms with van der Waals surface area (Å²) in [6, 6.07) is 20.0. The van der Waals surface area contributed by atoms with Crippen molar-refractivity contribution in [3.8, 4) is 17.2 Å². The first-order valence-electron chi connectivity index (χ1n) is 14.6. The minimum absolute atomic E-state index is 0.282. The molecule has 0 saturated heterocycles. The molecule has 1 unspecified atom stereocenters. The fourth-order valence-corrected chi connectivity index (χ4v) is 5.90. The van der Waals surface area contributed by atoms with E-state index in [2.05, 4.69) is 17.6 Å². The first-order chi connectivity index (χ1) is 21.4. The lowest BCUT2D eigenvalue weighted by Gasteiger charge is -2.29. The SMILES string of the molecule is CCCCSc1nc2n(n1)C(c1ccc(OCc3ccc(Cl)cc3)c(OC)c1)C(C(=O)Nc1ccccc1OCC)=C(C)N2. The lowest BCUT2D eigenvalue weighted by Crippen LogP contribution is -2.31. The summed E-state index contributed by atoms with van der Waals surface area (Å²) >= 11 is 7.63. The van der Waals surface area contributed by atoms with Crippen LogP contribution in [0.2, 0.25) is 5.02 Å². The summed E-state index contributed by atoms with van der Waals surface area (Å²) in [4.78, 5) is 18.8. The second-order valence-electron chi connectivity index (χ2n) is 10.1. The molecular weight excluding hydrogens is 598 g/mol. The van der Waals surface area contributed by atoms with Crippen molar-refractivity contribution in [3.05, 3.63) is 94.1 Å². The Morgan fingerprint density at radius 1 is 1.05 bits per heavy atom. The van der Waals surface area contributed by atoms with Crippen molar-refractivity contribution in [2.24, 2.45) is 0 Å². The Morgan fingerprint density at radius 2 is 1.84 bits per heavy atom. The van der Waals surface area contributed by atoms with Gasteiger partial charge in [-0.05, 0) is 67.8 Å². The Morgan fingerprint density at radius 3 is 2.59 bits per heavy atom. The minimum atomic E-state index is -0.585. The fourth-order valence-electron chi connectivity index (χ4n) is 4.86. The Balaban J connectivity index is 1.50. The van der Waals surface area contributed by atoms with E-state index in [-0.39, 0.29) is 5.91 Å². The number of unbranched alkanes of at least 4 members (excludes halogenated alkanes) is 1. The molecule has 0 spiro atoms. The summed E-state index contributed by atoms with van der Waals surface area (Å²) in [5.74, 6) is 2.91. The van der Waals surface area contributed by atoms with Crippen LogP contribution in [-0.2, 0) is 11.4 Å². The summed E-state index contributed by atoms with van der Waals surface area (Å²) < 4.78 is 19.4. The van der Waals surface area contributed by atoms with Crippen molar-refractivity contribution in [2.45, 2.75) is 51.4 Å². The molecule has 0 fully saturated rings. The van der Waals surface area contributed by atoms with Gasteiger partial charge in [-0.3, -0.25) is 4.79 Å². The fraction of sp³-hybridized carbons (Fsp3) is 0.303. The number of rotatable bonds is 13. The van der Waals surface area contributed by atoms with E-state index in [1.165, 1.54) is 0 Å². The molecule has 4 aromatic rings. The highest BCUT2D eigenvalue weighted by molar-refractivity contribution is 7.99. The van der Waals surface area contributed by atoms with E-state index in [4.69, 9.17) is 35.9 Å². The summed E-state index contributed by atoms with van der Waals surface area (Å²) in [5.41, 5.74) is 3.52. The standard InChI is InChI=1S/C33H36ClN5O4S/c1-5-7-18-44-33-37-32-35-21(3)29(31(40)36-25-10-8-9-11-26(25)42-6-2)30(39(32)38-33)23-14-17-27(28(19-23)41-4)43-20-22-12-15-24(34)16-13-22/h8-17,19,30H,5-7,18,20H2,1-4H3,(H,36,40)(H,35,37,38). The van der Waals surface area contributed by atoms with Gasteiger partial charge < -0.3 is 24.8 Å². The van der Waals surface area contributed by atoms with Gasteiger partial charge in [0.15, 0.2) is 11.5 Å². The molecule has 2 heterocycles. The quantitative estimate of drug-likeness (QED) is 0.114. The number of thioether (sulfide) groups is 1. The molecule has 0 aliphatic carbocycles. The van der Waals surface area contributed by atoms with Gasteiger partial charge >= 0.3 is 0 Å². The molecule has 1 aromatic heterocycles. The first-order valence-corrected chi connectivity index (χ1v) is 15.9. The van der Waals surface area contributed by atoms with Crippen LogP contribution in [0.15, 0.2) is 83.2 Å². The van der Waals surface area contributed by atoms with Gasteiger partial charge in [-0.1, -0.05) is 67.0 Å². The average Bonchev–Trinajstić information content (AvgIpc) is 3.43. The van der Waals surface area contributed by atoms with E-state index in [1.807, 2.05) is 80.6 Å². The smallest absolute Gasteiger partial charge is 0.255 e. The molecule has 0 bridgehead atoms. The number of anilines is 2. The van der Waals surface area contributed by atoms with Gasteiger partial charge in [0, 0.05) is 16.5 Å². The number of halogens is 1. The number of nitrogens with one attached hydrogen (secondary N) is 2. The number of hydrogen-bond acceptors (Lipinski definition) is 8. The molecule has 1 atom stereocenters. The normalized spacial score (nSPS) is 14.1. The number of nitrogens with zero attached hydrogens (tertiary/aromatic N) is 3. The topological polar surface area (TPSA) is 99.5 Å². The maximum atomic E-state index is 14.1. The van der Waals surface area contributed by atoms with Gasteiger partial charge in [-0.25, -0.2) is 4.68 Å². The molecule has 1 aliphatic heterocycles. The van der Waals surface area contributed by atoms with Crippen LogP contribution in [0.1, 0.15) is 50.8 Å². The van der Waals surface area contributed by atoms with E-state index < -0.39 is 6.04 Å². The highest BCUT2D eigenvalue weighted by atomic mass is 35.5. The number of ether oxygens (including phenoxy) is 3. The van der Waals surface area contributed by atoms with Crippen LogP contribution in [-0.4, -0.2) is 40.1 Å². The summed E-state index contributed by atoms with van der Waals surface area (Å²) in [6.45, 7) is 6.76. The van der Waals surface area contributed by atoms with Crippen molar-refractivity contribution in [3.63, 3.8) is 0 Å². The molecule has 5 rings (SSSR count). The van der Waals surface area contributed by atoms with Crippen molar-refractivity contribution >= 4 is 40.9 Å². The molecular formula is C33H36ClN5O4S. The highest BCUT2D eigenvalue weighted by Gasteiger charge is 2.35. The number of carbonyl (C=O) groups is 1. The molecule has 11 heteroatoms. The van der Waals surface area contributed by atoms with Crippen LogP contribution < -0.4 is 24.8 Å². The lowest BCUT2D eigenvalue weighted by atomic mass is 9.94. The Bertz CT molecular complexity index is 1640. The van der Waals surface area contributed by atoms with Gasteiger partial charge in [0.2, 0.25) is 11.1 Å². The Labute approximate surface area is 267 Å². The number of allylic oxidation sites excluding steroid dienone is 1. The number of benzene rings is 3. The zero-order valence-corrected chi connectivity index (χ0v) is 26.8. The monoisotopic (exact) mass is 633 g/mol. The summed E-state index contributed by atoms with van der Waals surface area (Å²) in [5, 5.41) is 12.5. The molecule has 9 nitrogen and oxygen atoms in total. The maximum absolute atomic E-state index is 14.1. The van der Waals surface area contributed by atoms with Gasteiger partial charge in [0.25, 0.3) is 5.91 Å². The molecule has 0 saturated carbocycles. The number of amides is 1. The average molecular weight is 634 g/mol. The van der Waals surface area contributed by atoms with Gasteiger partial charge in [0.1, 0.15) is 18.4 Å². The van der Waals surface area contributed by atoms with Crippen LogP contribution in [0.3, 0.4) is 0 Å². The van der Waals surface area contributed by atoms with Crippen LogP contribution >= 0.6 is 23.4 Å². The van der Waals surface area contributed by atoms with Gasteiger partial charge in [0.05, 0.1) is 25.0 Å². The van der Waals surface area contributed by atoms with E-state index in [9.17, 15) is 4.79 Å². The minimum Gasteiger partial charge on any atom is -0.493 e. The van der Waals surface area contributed by atoms with E-state index >= 15 is 0 Å². The Kier molecular flexibility index (Phi) is 10.3. The van der Waals surface area contributed by atoms with Crippen LogP contribution in [0, 0.1) is 0 Å². The second kappa shape index (κ2) is 14.5.